The molecule has 0 aliphatic carbocycles. The van der Waals surface area contributed by atoms with Crippen LogP contribution in [0.2, 0.25) is 0 Å². The van der Waals surface area contributed by atoms with E-state index in [-0.39, 0.29) is 5.91 Å². The van der Waals surface area contributed by atoms with Crippen LogP contribution in [0.3, 0.4) is 0 Å². The summed E-state index contributed by atoms with van der Waals surface area (Å²) in [7, 11) is 0. The van der Waals surface area contributed by atoms with Gasteiger partial charge in [0.1, 0.15) is 6.07 Å². The number of pyridine rings is 1. The Morgan fingerprint density at radius 3 is 2.71 bits per heavy atom. The summed E-state index contributed by atoms with van der Waals surface area (Å²) in [5.74, 6) is -0.102. The molecule has 0 fully saturated rings. The van der Waals surface area contributed by atoms with Crippen molar-refractivity contribution in [2.45, 2.75) is 6.42 Å². The molecular weight excluding hydrogens is 300 g/mol. The first-order chi connectivity index (χ1) is 11.8. The summed E-state index contributed by atoms with van der Waals surface area (Å²) < 4.78 is 0. The second kappa shape index (κ2) is 7.25. The van der Waals surface area contributed by atoms with E-state index in [1.807, 2.05) is 48.5 Å². The maximum Gasteiger partial charge on any atom is 0.226 e. The zero-order valence-electron chi connectivity index (χ0n) is 13.0. The minimum Gasteiger partial charge on any atom is -0.383 e. The van der Waals surface area contributed by atoms with Crippen LogP contribution in [-0.2, 0) is 4.79 Å². The molecule has 1 heterocycles. The van der Waals surface area contributed by atoms with Crippen molar-refractivity contribution in [3.05, 3.63) is 66.4 Å². The number of hydrogen-bond acceptors (Lipinski definition) is 4. The fourth-order valence-corrected chi connectivity index (χ4v) is 2.46. The molecule has 2 N–H and O–H groups in total. The lowest BCUT2D eigenvalue weighted by atomic mass is 10.2. The molecule has 24 heavy (non-hydrogen) atoms. The van der Waals surface area contributed by atoms with Crippen molar-refractivity contribution < 1.29 is 4.79 Å². The molecule has 0 unspecified atom stereocenters. The van der Waals surface area contributed by atoms with Crippen LogP contribution in [0.1, 0.15) is 12.0 Å². The normalized spacial score (nSPS) is 10.1. The third-order valence-corrected chi connectivity index (χ3v) is 3.62. The molecular formula is C19H16N4O. The average molecular weight is 316 g/mol. The lowest BCUT2D eigenvalue weighted by Gasteiger charge is -2.10. The number of fused-ring (bicyclic) bond motifs is 1. The summed E-state index contributed by atoms with van der Waals surface area (Å²) in [5, 5.41) is 16.0. The van der Waals surface area contributed by atoms with Crippen LogP contribution in [0.4, 0.5) is 11.4 Å². The Balaban J connectivity index is 1.61. The Labute approximate surface area is 140 Å². The fraction of sp³-hybridized carbons (Fsp3) is 0.105. The summed E-state index contributed by atoms with van der Waals surface area (Å²) in [6.45, 7) is 0.447. The number of carbonyl (C=O) groups is 1. The molecule has 5 heteroatoms. The van der Waals surface area contributed by atoms with Gasteiger partial charge in [-0.25, -0.2) is 0 Å². The van der Waals surface area contributed by atoms with Crippen molar-refractivity contribution in [1.29, 1.82) is 5.26 Å². The number of nitrogens with zero attached hydrogens (tertiary/aromatic N) is 2. The van der Waals surface area contributed by atoms with E-state index < -0.39 is 0 Å². The summed E-state index contributed by atoms with van der Waals surface area (Å²) in [5.41, 5.74) is 2.78. The van der Waals surface area contributed by atoms with Gasteiger partial charge < -0.3 is 10.6 Å². The number of amides is 1. The van der Waals surface area contributed by atoms with Crippen LogP contribution in [0.15, 0.2) is 60.8 Å². The predicted octanol–water partition coefficient (Wildman–Crippen LogP) is 3.55. The van der Waals surface area contributed by atoms with E-state index >= 15 is 0 Å². The molecule has 0 aliphatic rings. The maximum absolute atomic E-state index is 12.2. The Kier molecular flexibility index (Phi) is 4.68. The van der Waals surface area contributed by atoms with Gasteiger partial charge in [0.05, 0.1) is 22.5 Å². The van der Waals surface area contributed by atoms with Gasteiger partial charge in [0, 0.05) is 24.5 Å². The van der Waals surface area contributed by atoms with Crippen molar-refractivity contribution in [3.8, 4) is 6.07 Å². The molecule has 0 spiro atoms. The summed E-state index contributed by atoms with van der Waals surface area (Å²) in [6, 6.07) is 18.9. The number of rotatable bonds is 5. The fourth-order valence-electron chi connectivity index (χ4n) is 2.46. The highest BCUT2D eigenvalue weighted by atomic mass is 16.1. The molecule has 0 saturated carbocycles. The number of hydrogen-bond donors (Lipinski definition) is 2. The molecule has 0 atom stereocenters. The molecule has 3 rings (SSSR count). The smallest absolute Gasteiger partial charge is 0.226 e. The van der Waals surface area contributed by atoms with Crippen LogP contribution in [0, 0.1) is 11.3 Å². The van der Waals surface area contributed by atoms with Crippen LogP contribution < -0.4 is 10.6 Å². The van der Waals surface area contributed by atoms with Crippen LogP contribution in [0.5, 0.6) is 0 Å². The van der Waals surface area contributed by atoms with E-state index in [0.717, 1.165) is 16.6 Å². The maximum atomic E-state index is 12.2. The van der Waals surface area contributed by atoms with Gasteiger partial charge in [0.15, 0.2) is 0 Å². The highest BCUT2D eigenvalue weighted by molar-refractivity contribution is 6.00. The minimum absolute atomic E-state index is 0.102. The van der Waals surface area contributed by atoms with Crippen molar-refractivity contribution >= 4 is 28.2 Å². The molecule has 0 aliphatic heterocycles. The van der Waals surface area contributed by atoms with Crippen LogP contribution in [0.25, 0.3) is 10.9 Å². The van der Waals surface area contributed by atoms with Gasteiger partial charge in [0.2, 0.25) is 5.91 Å². The van der Waals surface area contributed by atoms with Crippen molar-refractivity contribution in [2.75, 3.05) is 17.2 Å². The first-order valence-electron chi connectivity index (χ1n) is 7.64. The summed E-state index contributed by atoms with van der Waals surface area (Å²) in [4.78, 5) is 16.5. The third-order valence-electron chi connectivity index (χ3n) is 3.62. The number of carbonyl (C=O) groups excluding carboxylic acids is 1. The van der Waals surface area contributed by atoms with Crippen molar-refractivity contribution in [2.24, 2.45) is 0 Å². The van der Waals surface area contributed by atoms with Gasteiger partial charge in [0.25, 0.3) is 0 Å². The average Bonchev–Trinajstić information content (AvgIpc) is 2.62. The zero-order chi connectivity index (χ0) is 16.8. The Hall–Kier alpha value is -3.39. The highest BCUT2D eigenvalue weighted by Crippen LogP contribution is 2.20. The molecule has 3 aromatic rings. The van der Waals surface area contributed by atoms with Gasteiger partial charge in [-0.2, -0.15) is 5.26 Å². The molecule has 0 radical (unpaired) electrons. The standard InChI is InChI=1S/C19H16N4O/c20-13-15-5-1-2-8-16(15)21-12-10-18(24)23-17-9-3-6-14-7-4-11-22-19(14)17/h1-9,11,21H,10,12H2,(H,23,24). The van der Waals surface area contributed by atoms with E-state index in [9.17, 15) is 4.79 Å². The number of para-hydroxylation sites is 2. The van der Waals surface area contributed by atoms with Crippen molar-refractivity contribution in [1.82, 2.24) is 4.98 Å². The summed E-state index contributed by atoms with van der Waals surface area (Å²) >= 11 is 0. The SMILES string of the molecule is N#Cc1ccccc1NCCC(=O)Nc1cccc2cccnc12. The topological polar surface area (TPSA) is 77.8 Å². The molecule has 0 saturated heterocycles. The molecule has 1 amide bonds. The van der Waals surface area contributed by atoms with Gasteiger partial charge >= 0.3 is 0 Å². The third kappa shape index (κ3) is 3.50. The highest BCUT2D eigenvalue weighted by Gasteiger charge is 2.07. The lowest BCUT2D eigenvalue weighted by molar-refractivity contribution is -0.115. The molecule has 5 nitrogen and oxygen atoms in total. The Morgan fingerprint density at radius 1 is 1.04 bits per heavy atom. The first-order valence-corrected chi connectivity index (χ1v) is 7.64. The van der Waals surface area contributed by atoms with Gasteiger partial charge in [-0.1, -0.05) is 30.3 Å². The molecule has 1 aromatic heterocycles. The van der Waals surface area contributed by atoms with Gasteiger partial charge in [-0.3, -0.25) is 9.78 Å². The quantitative estimate of drug-likeness (QED) is 0.754. The largest absolute Gasteiger partial charge is 0.383 e. The number of anilines is 2. The second-order valence-electron chi connectivity index (χ2n) is 5.26. The van der Waals surface area contributed by atoms with E-state index in [0.29, 0.717) is 24.2 Å². The number of aromatic nitrogens is 1. The predicted molar refractivity (Wildman–Crippen MR) is 94.6 cm³/mol. The monoisotopic (exact) mass is 316 g/mol. The van der Waals surface area contributed by atoms with E-state index in [2.05, 4.69) is 21.7 Å². The van der Waals surface area contributed by atoms with Crippen LogP contribution in [-0.4, -0.2) is 17.4 Å². The number of nitrogens with one attached hydrogen (secondary N) is 2. The van der Waals surface area contributed by atoms with E-state index in [1.165, 1.54) is 0 Å². The lowest BCUT2D eigenvalue weighted by Crippen LogP contribution is -2.16. The number of benzene rings is 2. The second-order valence-corrected chi connectivity index (χ2v) is 5.26. The van der Waals surface area contributed by atoms with Crippen LogP contribution >= 0.6 is 0 Å². The zero-order valence-corrected chi connectivity index (χ0v) is 13.0. The summed E-state index contributed by atoms with van der Waals surface area (Å²) in [6.07, 6.45) is 2.00. The van der Waals surface area contributed by atoms with Gasteiger partial charge in [-0.05, 0) is 24.3 Å². The van der Waals surface area contributed by atoms with Crippen molar-refractivity contribution in [3.63, 3.8) is 0 Å². The number of nitriles is 1. The first kappa shape index (κ1) is 15.5. The minimum atomic E-state index is -0.102. The Morgan fingerprint density at radius 2 is 1.83 bits per heavy atom. The van der Waals surface area contributed by atoms with E-state index in [1.54, 1.807) is 12.3 Å². The van der Waals surface area contributed by atoms with E-state index in [4.69, 9.17) is 5.26 Å². The molecule has 118 valence electrons. The Bertz CT molecular complexity index is 909. The van der Waals surface area contributed by atoms with Gasteiger partial charge in [-0.15, -0.1) is 0 Å². The molecule has 0 bridgehead atoms. The molecule has 2 aromatic carbocycles.